The van der Waals surface area contributed by atoms with Gasteiger partial charge in [0, 0.05) is 41.4 Å². The second-order valence-electron chi connectivity index (χ2n) is 7.42. The number of Topliss-reactive ketones (excluding diaryl/α,β-unsaturated/α-hetero) is 1. The van der Waals surface area contributed by atoms with E-state index in [4.69, 9.17) is 0 Å². The maximum Gasteiger partial charge on any atom is 0.161 e. The first-order valence-corrected chi connectivity index (χ1v) is 9.72. The molecule has 2 aromatic carbocycles. The number of hydrogen-bond donors (Lipinski definition) is 1. The Hall–Kier alpha value is -2.62. The molecule has 0 amide bonds. The van der Waals surface area contributed by atoms with Gasteiger partial charge in [0.05, 0.1) is 0 Å². The number of aromatic amines is 1. The number of ketones is 1. The van der Waals surface area contributed by atoms with E-state index in [1.165, 1.54) is 41.1 Å². The van der Waals surface area contributed by atoms with Crippen molar-refractivity contribution in [3.63, 3.8) is 0 Å². The molecule has 140 valence electrons. The lowest BCUT2D eigenvalue weighted by molar-refractivity contribution is 0.101. The average molecular weight is 364 g/mol. The van der Waals surface area contributed by atoms with Gasteiger partial charge in [0.1, 0.15) is 5.82 Å². The highest BCUT2D eigenvalue weighted by Gasteiger charge is 2.25. The molecule has 1 aliphatic rings. The Morgan fingerprint density at radius 3 is 2.70 bits per heavy atom. The van der Waals surface area contributed by atoms with Crippen LogP contribution in [-0.2, 0) is 6.42 Å². The number of carbonyl (C=O) groups is 1. The van der Waals surface area contributed by atoms with Gasteiger partial charge in [0.2, 0.25) is 0 Å². The van der Waals surface area contributed by atoms with Crippen LogP contribution in [0.3, 0.4) is 0 Å². The summed E-state index contributed by atoms with van der Waals surface area (Å²) in [4.78, 5) is 17.6. The van der Waals surface area contributed by atoms with Crippen LogP contribution < -0.4 is 4.90 Å². The van der Waals surface area contributed by atoms with Gasteiger partial charge in [-0.3, -0.25) is 4.79 Å². The highest BCUT2D eigenvalue weighted by atomic mass is 19.1. The number of aromatic nitrogens is 1. The number of nitrogens with one attached hydrogen (secondary N) is 1. The first-order valence-electron chi connectivity index (χ1n) is 9.72. The molecule has 0 unspecified atom stereocenters. The zero-order valence-electron chi connectivity index (χ0n) is 15.9. The Morgan fingerprint density at radius 1 is 1.22 bits per heavy atom. The molecule has 1 fully saturated rings. The molecule has 27 heavy (non-hydrogen) atoms. The molecule has 3 nitrogen and oxygen atoms in total. The van der Waals surface area contributed by atoms with E-state index in [9.17, 15) is 9.18 Å². The zero-order valence-corrected chi connectivity index (χ0v) is 15.9. The summed E-state index contributed by atoms with van der Waals surface area (Å²) in [5, 5.41) is 1.33. The predicted molar refractivity (Wildman–Crippen MR) is 108 cm³/mol. The number of para-hydroxylation sites is 1. The van der Waals surface area contributed by atoms with Crippen LogP contribution in [0.5, 0.6) is 0 Å². The van der Waals surface area contributed by atoms with Gasteiger partial charge in [-0.1, -0.05) is 25.1 Å². The van der Waals surface area contributed by atoms with Crippen LogP contribution in [0.2, 0.25) is 0 Å². The van der Waals surface area contributed by atoms with Crippen molar-refractivity contribution in [3.8, 4) is 0 Å². The molecule has 0 radical (unpaired) electrons. The van der Waals surface area contributed by atoms with E-state index in [2.05, 4.69) is 41.2 Å². The van der Waals surface area contributed by atoms with E-state index in [0.717, 1.165) is 38.0 Å². The smallest absolute Gasteiger partial charge is 0.161 e. The Balaban J connectivity index is 1.56. The minimum absolute atomic E-state index is 0.0876. The molecular weight excluding hydrogens is 339 g/mol. The fraction of sp³-hybridized carbons (Fsp3) is 0.348. The van der Waals surface area contributed by atoms with Gasteiger partial charge in [-0.25, -0.2) is 4.39 Å². The van der Waals surface area contributed by atoms with E-state index in [1.54, 1.807) is 6.07 Å². The number of piperidine rings is 1. The van der Waals surface area contributed by atoms with Crippen molar-refractivity contribution >= 4 is 22.4 Å². The Morgan fingerprint density at radius 2 is 2.00 bits per heavy atom. The summed E-state index contributed by atoms with van der Waals surface area (Å²) in [7, 11) is 0. The largest absolute Gasteiger partial charge is 0.371 e. The quantitative estimate of drug-likeness (QED) is 0.624. The molecular formula is C23H25FN2O. The van der Waals surface area contributed by atoms with Crippen molar-refractivity contribution in [3.05, 3.63) is 65.1 Å². The van der Waals surface area contributed by atoms with Crippen LogP contribution in [0.25, 0.3) is 10.9 Å². The van der Waals surface area contributed by atoms with Crippen molar-refractivity contribution in [2.75, 3.05) is 18.0 Å². The number of nitrogens with zero attached hydrogens (tertiary/aromatic N) is 1. The number of carbonyl (C=O) groups excluding carboxylic acids is 1. The maximum absolute atomic E-state index is 13.6. The lowest BCUT2D eigenvalue weighted by Gasteiger charge is -2.34. The fourth-order valence-electron chi connectivity index (χ4n) is 4.37. The van der Waals surface area contributed by atoms with E-state index >= 15 is 0 Å². The number of anilines is 1. The first kappa shape index (κ1) is 17.8. The van der Waals surface area contributed by atoms with E-state index < -0.39 is 0 Å². The molecule has 4 rings (SSSR count). The lowest BCUT2D eigenvalue weighted by atomic mass is 9.88. The Labute approximate surface area is 159 Å². The van der Waals surface area contributed by atoms with Crippen LogP contribution >= 0.6 is 0 Å². The molecule has 0 bridgehead atoms. The van der Waals surface area contributed by atoms with Gasteiger partial charge in [0.25, 0.3) is 0 Å². The number of rotatable bonds is 4. The number of H-pyrrole nitrogens is 1. The van der Waals surface area contributed by atoms with E-state index in [-0.39, 0.29) is 11.6 Å². The van der Waals surface area contributed by atoms with Crippen molar-refractivity contribution in [2.45, 2.75) is 39.0 Å². The summed E-state index contributed by atoms with van der Waals surface area (Å²) in [6.07, 6.45) is 5.24. The van der Waals surface area contributed by atoms with Gasteiger partial charge in [-0.2, -0.15) is 0 Å². The molecule has 1 N–H and O–H groups in total. The van der Waals surface area contributed by atoms with Crippen LogP contribution in [0, 0.1) is 5.82 Å². The summed E-state index contributed by atoms with van der Waals surface area (Å²) >= 11 is 0. The highest BCUT2D eigenvalue weighted by Crippen LogP contribution is 2.36. The maximum atomic E-state index is 13.6. The zero-order chi connectivity index (χ0) is 19.0. The van der Waals surface area contributed by atoms with Crippen LogP contribution in [0.15, 0.2) is 42.6 Å². The van der Waals surface area contributed by atoms with Gasteiger partial charge in [-0.05, 0) is 61.4 Å². The third-order valence-corrected chi connectivity index (χ3v) is 5.83. The minimum atomic E-state index is -0.357. The molecule has 0 atom stereocenters. The average Bonchev–Trinajstić information content (AvgIpc) is 3.12. The van der Waals surface area contributed by atoms with Crippen molar-refractivity contribution in [1.82, 2.24) is 4.98 Å². The molecule has 0 aliphatic carbocycles. The molecule has 2 heterocycles. The monoisotopic (exact) mass is 364 g/mol. The van der Waals surface area contributed by atoms with E-state index in [1.807, 2.05) is 0 Å². The summed E-state index contributed by atoms with van der Waals surface area (Å²) in [5.74, 6) is 0.0584. The first-order chi connectivity index (χ1) is 13.1. The second kappa shape index (κ2) is 7.18. The van der Waals surface area contributed by atoms with Crippen molar-refractivity contribution in [2.24, 2.45) is 0 Å². The Bertz CT molecular complexity index is 983. The molecule has 3 aromatic rings. The molecule has 1 aromatic heterocycles. The number of fused-ring (bicyclic) bond motifs is 1. The fourth-order valence-corrected chi connectivity index (χ4v) is 4.37. The normalized spacial score (nSPS) is 15.4. The van der Waals surface area contributed by atoms with Gasteiger partial charge in [0.15, 0.2) is 5.78 Å². The van der Waals surface area contributed by atoms with Gasteiger partial charge in [-0.15, -0.1) is 0 Å². The molecule has 0 spiro atoms. The van der Waals surface area contributed by atoms with Crippen molar-refractivity contribution < 1.29 is 9.18 Å². The number of benzene rings is 2. The molecule has 4 heteroatoms. The van der Waals surface area contributed by atoms with Gasteiger partial charge < -0.3 is 9.88 Å². The second-order valence-corrected chi connectivity index (χ2v) is 7.42. The Kier molecular flexibility index (Phi) is 4.73. The summed E-state index contributed by atoms with van der Waals surface area (Å²) in [6, 6.07) is 11.1. The molecule has 1 saturated heterocycles. The topological polar surface area (TPSA) is 36.1 Å². The number of hydrogen-bond acceptors (Lipinski definition) is 2. The number of halogens is 1. The number of aryl methyl sites for hydroxylation is 1. The highest BCUT2D eigenvalue weighted by molar-refractivity contribution is 5.99. The van der Waals surface area contributed by atoms with Crippen LogP contribution in [0.4, 0.5) is 10.1 Å². The summed E-state index contributed by atoms with van der Waals surface area (Å²) in [6.45, 7) is 5.43. The summed E-state index contributed by atoms with van der Waals surface area (Å²) in [5.41, 5.74) is 5.34. The predicted octanol–water partition coefficient (Wildman–Crippen LogP) is 5.46. The SMILES string of the molecule is CCc1cccc2c(C3CCN(c4ccc(F)cc4C(C)=O)CC3)c[nH]c12. The van der Waals surface area contributed by atoms with Crippen LogP contribution in [-0.4, -0.2) is 23.9 Å². The van der Waals surface area contributed by atoms with Gasteiger partial charge >= 0.3 is 0 Å². The lowest BCUT2D eigenvalue weighted by Crippen LogP contribution is -2.33. The molecule has 0 saturated carbocycles. The van der Waals surface area contributed by atoms with Crippen molar-refractivity contribution in [1.29, 1.82) is 0 Å². The van der Waals surface area contributed by atoms with E-state index in [0.29, 0.717) is 11.5 Å². The minimum Gasteiger partial charge on any atom is -0.371 e. The molecule has 1 aliphatic heterocycles. The van der Waals surface area contributed by atoms with Crippen LogP contribution in [0.1, 0.15) is 54.1 Å². The summed E-state index contributed by atoms with van der Waals surface area (Å²) < 4.78 is 13.6. The third-order valence-electron chi connectivity index (χ3n) is 5.83. The third kappa shape index (κ3) is 3.25. The standard InChI is InChI=1S/C23H25FN2O/c1-3-16-5-4-6-19-21(14-25-23(16)19)17-9-11-26(12-10-17)22-8-7-18(24)13-20(22)15(2)27/h4-8,13-14,17,25H,3,9-12H2,1-2H3.